The van der Waals surface area contributed by atoms with Gasteiger partial charge >= 0.3 is 0 Å². The number of carbonyl (C=O) groups excluding carboxylic acids is 1. The minimum absolute atomic E-state index is 0.0879. The van der Waals surface area contributed by atoms with Gasteiger partial charge in [-0.3, -0.25) is 4.79 Å². The van der Waals surface area contributed by atoms with E-state index < -0.39 is 0 Å². The zero-order valence-corrected chi connectivity index (χ0v) is 12.6. The summed E-state index contributed by atoms with van der Waals surface area (Å²) in [5.41, 5.74) is 10.4. The monoisotopic (exact) mass is 284 g/mol. The maximum atomic E-state index is 12.1. The van der Waals surface area contributed by atoms with Gasteiger partial charge in [-0.25, -0.2) is 0 Å². The van der Waals surface area contributed by atoms with E-state index in [0.29, 0.717) is 23.5 Å². The molecule has 0 aliphatic rings. The molecule has 0 aliphatic carbocycles. The van der Waals surface area contributed by atoms with Gasteiger partial charge in [-0.1, -0.05) is 18.2 Å². The molecule has 0 saturated heterocycles. The first-order valence-corrected chi connectivity index (χ1v) is 6.79. The minimum Gasteiger partial charge on any atom is -0.497 e. The molecule has 0 spiro atoms. The third-order valence-corrected chi connectivity index (χ3v) is 3.47. The number of ether oxygens (including phenoxy) is 1. The molecule has 0 atom stereocenters. The molecule has 0 aliphatic heterocycles. The fraction of sp³-hybridized carbons (Fsp3) is 0.235. The van der Waals surface area contributed by atoms with E-state index >= 15 is 0 Å². The molecule has 0 radical (unpaired) electrons. The van der Waals surface area contributed by atoms with E-state index in [4.69, 9.17) is 10.5 Å². The Balaban J connectivity index is 2.06. The van der Waals surface area contributed by atoms with Gasteiger partial charge in [-0.2, -0.15) is 0 Å². The fourth-order valence-electron chi connectivity index (χ4n) is 2.07. The van der Waals surface area contributed by atoms with Crippen molar-refractivity contribution in [3.8, 4) is 5.75 Å². The topological polar surface area (TPSA) is 64.3 Å². The SMILES string of the molecule is COc1ccc(NC(=O)Cc2ccc(C)c(C)c2)c(N)c1. The van der Waals surface area contributed by atoms with Crippen LogP contribution >= 0.6 is 0 Å². The summed E-state index contributed by atoms with van der Waals surface area (Å²) in [4.78, 5) is 12.1. The van der Waals surface area contributed by atoms with Crippen molar-refractivity contribution in [3.05, 3.63) is 53.1 Å². The summed E-state index contributed by atoms with van der Waals surface area (Å²) >= 11 is 0. The summed E-state index contributed by atoms with van der Waals surface area (Å²) < 4.78 is 5.08. The number of carbonyl (C=O) groups is 1. The molecule has 0 saturated carbocycles. The highest BCUT2D eigenvalue weighted by molar-refractivity contribution is 5.95. The highest BCUT2D eigenvalue weighted by Crippen LogP contribution is 2.24. The van der Waals surface area contributed by atoms with E-state index in [2.05, 4.69) is 12.2 Å². The molecule has 2 aromatic rings. The molecule has 3 N–H and O–H groups in total. The molecule has 0 bridgehead atoms. The normalized spacial score (nSPS) is 10.2. The second kappa shape index (κ2) is 6.31. The predicted octanol–water partition coefficient (Wildman–Crippen LogP) is 3.08. The molecule has 2 aromatic carbocycles. The molecule has 21 heavy (non-hydrogen) atoms. The van der Waals surface area contributed by atoms with Crippen molar-refractivity contribution >= 4 is 17.3 Å². The molecule has 0 fully saturated rings. The van der Waals surface area contributed by atoms with Crippen LogP contribution in [0.25, 0.3) is 0 Å². The van der Waals surface area contributed by atoms with E-state index in [1.54, 1.807) is 25.3 Å². The molecule has 2 rings (SSSR count). The van der Waals surface area contributed by atoms with Crippen LogP contribution in [0.2, 0.25) is 0 Å². The van der Waals surface area contributed by atoms with Crippen LogP contribution in [0.3, 0.4) is 0 Å². The quantitative estimate of drug-likeness (QED) is 0.848. The van der Waals surface area contributed by atoms with Gasteiger partial charge in [-0.15, -0.1) is 0 Å². The number of benzene rings is 2. The molecular formula is C17H20N2O2. The number of nitrogens with one attached hydrogen (secondary N) is 1. The number of methoxy groups -OCH3 is 1. The molecule has 0 heterocycles. The van der Waals surface area contributed by atoms with Crippen LogP contribution < -0.4 is 15.8 Å². The Hall–Kier alpha value is -2.49. The summed E-state index contributed by atoms with van der Waals surface area (Å²) in [7, 11) is 1.58. The van der Waals surface area contributed by atoms with E-state index in [-0.39, 0.29) is 5.91 Å². The van der Waals surface area contributed by atoms with Crippen molar-refractivity contribution in [2.75, 3.05) is 18.2 Å². The molecule has 1 amide bonds. The molecular weight excluding hydrogens is 264 g/mol. The van der Waals surface area contributed by atoms with E-state index in [1.165, 1.54) is 11.1 Å². The summed E-state index contributed by atoms with van der Waals surface area (Å²) in [6.07, 6.45) is 0.326. The average molecular weight is 284 g/mol. The lowest BCUT2D eigenvalue weighted by molar-refractivity contribution is -0.115. The first-order chi connectivity index (χ1) is 9.99. The largest absolute Gasteiger partial charge is 0.497 e. The van der Waals surface area contributed by atoms with Crippen molar-refractivity contribution in [1.29, 1.82) is 0 Å². The summed E-state index contributed by atoms with van der Waals surface area (Å²) in [5, 5.41) is 2.82. The van der Waals surface area contributed by atoms with Crippen molar-refractivity contribution in [2.24, 2.45) is 0 Å². The Labute approximate surface area is 124 Å². The second-order valence-corrected chi connectivity index (χ2v) is 5.10. The number of hydrogen-bond donors (Lipinski definition) is 2. The summed E-state index contributed by atoms with van der Waals surface area (Å²) in [6.45, 7) is 4.09. The molecule has 0 unspecified atom stereocenters. The Morgan fingerprint density at radius 1 is 1.14 bits per heavy atom. The highest BCUT2D eigenvalue weighted by Gasteiger charge is 2.08. The van der Waals surface area contributed by atoms with Gasteiger partial charge in [0.1, 0.15) is 5.75 Å². The van der Waals surface area contributed by atoms with E-state index in [9.17, 15) is 4.79 Å². The maximum absolute atomic E-state index is 12.1. The number of aryl methyl sites for hydroxylation is 2. The van der Waals surface area contributed by atoms with E-state index in [1.807, 2.05) is 25.1 Å². The van der Waals surface area contributed by atoms with Crippen molar-refractivity contribution < 1.29 is 9.53 Å². The number of nitrogens with two attached hydrogens (primary N) is 1. The summed E-state index contributed by atoms with van der Waals surface area (Å²) in [5.74, 6) is 0.578. The average Bonchev–Trinajstić information content (AvgIpc) is 2.45. The second-order valence-electron chi connectivity index (χ2n) is 5.10. The summed E-state index contributed by atoms with van der Waals surface area (Å²) in [6, 6.07) is 11.2. The third kappa shape index (κ3) is 3.75. The fourth-order valence-corrected chi connectivity index (χ4v) is 2.07. The Morgan fingerprint density at radius 2 is 1.90 bits per heavy atom. The molecule has 4 nitrogen and oxygen atoms in total. The van der Waals surface area contributed by atoms with Gasteiger partial charge in [0.15, 0.2) is 0 Å². The van der Waals surface area contributed by atoms with Crippen molar-refractivity contribution in [3.63, 3.8) is 0 Å². The minimum atomic E-state index is -0.0879. The van der Waals surface area contributed by atoms with Crippen LogP contribution in [-0.4, -0.2) is 13.0 Å². The zero-order chi connectivity index (χ0) is 15.4. The predicted molar refractivity (Wildman–Crippen MR) is 85.7 cm³/mol. The van der Waals surface area contributed by atoms with Gasteiger partial charge in [0.2, 0.25) is 5.91 Å². The van der Waals surface area contributed by atoms with Crippen molar-refractivity contribution in [2.45, 2.75) is 20.3 Å². The number of anilines is 2. The van der Waals surface area contributed by atoms with Crippen LogP contribution in [0.4, 0.5) is 11.4 Å². The molecule has 110 valence electrons. The van der Waals surface area contributed by atoms with Gasteiger partial charge < -0.3 is 15.8 Å². The lowest BCUT2D eigenvalue weighted by Gasteiger charge is -2.10. The number of amides is 1. The van der Waals surface area contributed by atoms with Crippen molar-refractivity contribution in [1.82, 2.24) is 0 Å². The standard InChI is InChI=1S/C17H20N2O2/c1-11-4-5-13(8-12(11)2)9-17(20)19-16-7-6-14(21-3)10-15(16)18/h4-8,10H,9,18H2,1-3H3,(H,19,20). The third-order valence-electron chi connectivity index (χ3n) is 3.47. The number of nitrogen functional groups attached to an aromatic ring is 1. The number of rotatable bonds is 4. The highest BCUT2D eigenvalue weighted by atomic mass is 16.5. The smallest absolute Gasteiger partial charge is 0.228 e. The Morgan fingerprint density at radius 3 is 2.52 bits per heavy atom. The van der Waals surface area contributed by atoms with Crippen LogP contribution in [-0.2, 0) is 11.2 Å². The van der Waals surface area contributed by atoms with Gasteiger partial charge in [0.05, 0.1) is 24.9 Å². The van der Waals surface area contributed by atoms with Gasteiger partial charge in [0, 0.05) is 6.07 Å². The van der Waals surface area contributed by atoms with E-state index in [0.717, 1.165) is 5.56 Å². The Bertz CT molecular complexity index is 666. The van der Waals surface area contributed by atoms with Crippen LogP contribution in [0.1, 0.15) is 16.7 Å². The maximum Gasteiger partial charge on any atom is 0.228 e. The van der Waals surface area contributed by atoms with Crippen LogP contribution in [0.15, 0.2) is 36.4 Å². The lowest BCUT2D eigenvalue weighted by atomic mass is 10.0. The van der Waals surface area contributed by atoms with Gasteiger partial charge in [-0.05, 0) is 42.7 Å². The molecule has 0 aromatic heterocycles. The molecule has 4 heteroatoms. The first-order valence-electron chi connectivity index (χ1n) is 6.79. The van der Waals surface area contributed by atoms with Crippen LogP contribution in [0, 0.1) is 13.8 Å². The first kappa shape index (κ1) is 14.9. The Kier molecular flexibility index (Phi) is 4.48. The van der Waals surface area contributed by atoms with Crippen LogP contribution in [0.5, 0.6) is 5.75 Å². The zero-order valence-electron chi connectivity index (χ0n) is 12.6. The van der Waals surface area contributed by atoms with Gasteiger partial charge in [0.25, 0.3) is 0 Å². The number of hydrogen-bond acceptors (Lipinski definition) is 3. The lowest BCUT2D eigenvalue weighted by Crippen LogP contribution is -2.15.